The van der Waals surface area contributed by atoms with Crippen LogP contribution < -0.4 is 4.72 Å². The molecule has 10 nitrogen and oxygen atoms in total. The highest BCUT2D eigenvalue weighted by molar-refractivity contribution is 7.92. The van der Waals surface area contributed by atoms with Crippen molar-refractivity contribution in [3.05, 3.63) is 71.3 Å². The Hall–Kier alpha value is -4.26. The molecule has 0 amide bonds. The molecule has 1 aromatic carbocycles. The molecule has 0 unspecified atom stereocenters. The number of benzene rings is 1. The largest absolute Gasteiger partial charge is 0.464 e. The maximum absolute atomic E-state index is 14.9. The number of aromatic amines is 1. The molecule has 174 valence electrons. The molecule has 0 spiro atoms. The van der Waals surface area contributed by atoms with E-state index < -0.39 is 44.7 Å². The number of carbonyl (C=O) groups is 2. The molecular weight excluding hydrogens is 472 g/mol. The number of hydrogen-bond acceptors (Lipinski definition) is 8. The van der Waals surface area contributed by atoms with E-state index in [1.807, 2.05) is 0 Å². The number of esters is 1. The summed E-state index contributed by atoms with van der Waals surface area (Å²) in [7, 11) is -2.77. The first-order valence-corrected chi connectivity index (χ1v) is 11.4. The third-order valence-electron chi connectivity index (χ3n) is 4.75. The topological polar surface area (TPSA) is 144 Å². The molecular formula is C21H15F2N5O5S. The van der Waals surface area contributed by atoms with Crippen LogP contribution in [0.3, 0.4) is 0 Å². The van der Waals surface area contributed by atoms with E-state index in [-0.39, 0.29) is 22.4 Å². The molecule has 0 aliphatic heterocycles. The van der Waals surface area contributed by atoms with Crippen molar-refractivity contribution in [2.24, 2.45) is 0 Å². The smallest absolute Gasteiger partial charge is 0.356 e. The summed E-state index contributed by atoms with van der Waals surface area (Å²) in [6, 6.07) is 6.29. The lowest BCUT2D eigenvalue weighted by Gasteiger charge is -2.09. The highest BCUT2D eigenvalue weighted by Gasteiger charge is 2.25. The van der Waals surface area contributed by atoms with Gasteiger partial charge in [-0.05, 0) is 24.3 Å². The van der Waals surface area contributed by atoms with E-state index in [0.717, 1.165) is 18.4 Å². The number of ether oxygens (including phenoxy) is 1. The molecule has 4 rings (SSSR count). The average molecular weight is 487 g/mol. The number of anilines is 1. The zero-order valence-corrected chi connectivity index (χ0v) is 18.4. The molecule has 0 fully saturated rings. The second kappa shape index (κ2) is 8.59. The van der Waals surface area contributed by atoms with Crippen molar-refractivity contribution >= 4 is 38.5 Å². The average Bonchev–Trinajstić information content (AvgIpc) is 3.23. The highest BCUT2D eigenvalue weighted by Crippen LogP contribution is 2.28. The van der Waals surface area contributed by atoms with Gasteiger partial charge < -0.3 is 4.74 Å². The normalized spacial score (nSPS) is 11.4. The minimum atomic E-state index is -4.01. The van der Waals surface area contributed by atoms with Gasteiger partial charge in [-0.2, -0.15) is 5.10 Å². The molecule has 0 saturated heterocycles. The SMILES string of the molecule is COC(=O)c1ccc(-c2cnc3[nH]nc(C(=O)c4ccc(F)c(NS(C)(=O)=O)c4F)c3c2)cn1. The quantitative estimate of drug-likeness (QED) is 0.312. The summed E-state index contributed by atoms with van der Waals surface area (Å²) < 4.78 is 58.2. The molecule has 0 atom stereocenters. The van der Waals surface area contributed by atoms with E-state index in [1.165, 1.54) is 25.6 Å². The van der Waals surface area contributed by atoms with Crippen LogP contribution in [-0.2, 0) is 14.8 Å². The zero-order valence-electron chi connectivity index (χ0n) is 17.6. The predicted molar refractivity (Wildman–Crippen MR) is 117 cm³/mol. The van der Waals surface area contributed by atoms with Gasteiger partial charge in [0.2, 0.25) is 15.8 Å². The number of hydrogen-bond donors (Lipinski definition) is 2. The van der Waals surface area contributed by atoms with Crippen LogP contribution in [0.15, 0.2) is 42.7 Å². The maximum Gasteiger partial charge on any atom is 0.356 e. The highest BCUT2D eigenvalue weighted by atomic mass is 32.2. The Morgan fingerprint density at radius 2 is 1.79 bits per heavy atom. The number of methoxy groups -OCH3 is 1. The molecule has 4 aromatic rings. The van der Waals surface area contributed by atoms with Crippen LogP contribution in [0, 0.1) is 11.6 Å². The van der Waals surface area contributed by atoms with Crippen molar-refractivity contribution in [2.45, 2.75) is 0 Å². The number of halogens is 2. The lowest BCUT2D eigenvalue weighted by atomic mass is 10.0. The predicted octanol–water partition coefficient (Wildman–Crippen LogP) is 2.69. The van der Waals surface area contributed by atoms with E-state index in [4.69, 9.17) is 0 Å². The van der Waals surface area contributed by atoms with Gasteiger partial charge in [0.25, 0.3) is 0 Å². The fraction of sp³-hybridized carbons (Fsp3) is 0.0952. The van der Waals surface area contributed by atoms with Crippen LogP contribution in [0.4, 0.5) is 14.5 Å². The van der Waals surface area contributed by atoms with E-state index in [1.54, 1.807) is 16.9 Å². The number of carbonyl (C=O) groups excluding carboxylic acids is 2. The van der Waals surface area contributed by atoms with Gasteiger partial charge in [-0.3, -0.25) is 14.6 Å². The fourth-order valence-corrected chi connectivity index (χ4v) is 3.72. The summed E-state index contributed by atoms with van der Waals surface area (Å²) in [4.78, 5) is 32.8. The number of rotatable bonds is 6. The zero-order chi connectivity index (χ0) is 24.6. The number of sulfonamides is 1. The van der Waals surface area contributed by atoms with Gasteiger partial charge in [0.05, 0.1) is 24.3 Å². The van der Waals surface area contributed by atoms with Gasteiger partial charge in [0.1, 0.15) is 22.9 Å². The molecule has 3 heterocycles. The van der Waals surface area contributed by atoms with E-state index in [2.05, 4.69) is 24.9 Å². The first kappa shape index (κ1) is 22.9. The molecule has 0 aliphatic rings. The van der Waals surface area contributed by atoms with Crippen molar-refractivity contribution in [1.29, 1.82) is 0 Å². The lowest BCUT2D eigenvalue weighted by molar-refractivity contribution is 0.0594. The second-order valence-electron chi connectivity index (χ2n) is 7.10. The van der Waals surface area contributed by atoms with Crippen molar-refractivity contribution < 1.29 is 31.5 Å². The standard InChI is InChI=1S/C21H15F2N5O5S/c1-33-21(30)15-6-3-10(8-24-15)11-7-13-17(26-27-20(13)25-9-11)19(29)12-4-5-14(22)18(16(12)23)28-34(2,31)32/h3-9,28H,1-2H3,(H,25,26,27). The van der Waals surface area contributed by atoms with Gasteiger partial charge in [0.15, 0.2) is 11.5 Å². The number of nitrogens with one attached hydrogen (secondary N) is 2. The minimum absolute atomic E-state index is 0.102. The van der Waals surface area contributed by atoms with Crippen LogP contribution in [0.2, 0.25) is 0 Å². The Morgan fingerprint density at radius 3 is 2.44 bits per heavy atom. The van der Waals surface area contributed by atoms with Crippen LogP contribution in [0.5, 0.6) is 0 Å². The Labute approximate surface area is 191 Å². The maximum atomic E-state index is 14.9. The third-order valence-corrected chi connectivity index (χ3v) is 5.32. The summed E-state index contributed by atoms with van der Waals surface area (Å²) in [5.74, 6) is -4.08. The first-order valence-electron chi connectivity index (χ1n) is 9.48. The van der Waals surface area contributed by atoms with Crippen LogP contribution in [-0.4, -0.2) is 53.7 Å². The molecule has 0 saturated carbocycles. The van der Waals surface area contributed by atoms with Gasteiger partial charge in [-0.1, -0.05) is 6.07 Å². The summed E-state index contributed by atoms with van der Waals surface area (Å²) in [5, 5.41) is 6.71. The van der Waals surface area contributed by atoms with Crippen LogP contribution >= 0.6 is 0 Å². The number of aromatic nitrogens is 4. The monoisotopic (exact) mass is 487 g/mol. The third kappa shape index (κ3) is 4.32. The first-order chi connectivity index (χ1) is 16.1. The summed E-state index contributed by atoms with van der Waals surface area (Å²) in [6.45, 7) is 0. The van der Waals surface area contributed by atoms with Gasteiger partial charge in [-0.25, -0.2) is 32.0 Å². The van der Waals surface area contributed by atoms with E-state index in [0.29, 0.717) is 11.1 Å². The number of pyridine rings is 2. The van der Waals surface area contributed by atoms with Crippen molar-refractivity contribution in [2.75, 3.05) is 18.1 Å². The molecule has 2 N–H and O–H groups in total. The molecule has 34 heavy (non-hydrogen) atoms. The van der Waals surface area contributed by atoms with E-state index >= 15 is 0 Å². The van der Waals surface area contributed by atoms with Crippen molar-refractivity contribution in [1.82, 2.24) is 20.2 Å². The summed E-state index contributed by atoms with van der Waals surface area (Å²) >= 11 is 0. The Morgan fingerprint density at radius 1 is 1.06 bits per heavy atom. The Balaban J connectivity index is 1.75. The van der Waals surface area contributed by atoms with Crippen LogP contribution in [0.1, 0.15) is 26.5 Å². The van der Waals surface area contributed by atoms with Crippen molar-refractivity contribution in [3.63, 3.8) is 0 Å². The second-order valence-corrected chi connectivity index (χ2v) is 8.85. The molecule has 0 bridgehead atoms. The Bertz CT molecular complexity index is 1550. The van der Waals surface area contributed by atoms with Gasteiger partial charge >= 0.3 is 5.97 Å². The van der Waals surface area contributed by atoms with Gasteiger partial charge in [-0.15, -0.1) is 0 Å². The summed E-state index contributed by atoms with van der Waals surface area (Å²) in [6.07, 6.45) is 3.62. The van der Waals surface area contributed by atoms with Gasteiger partial charge in [0, 0.05) is 23.5 Å². The fourth-order valence-electron chi connectivity index (χ4n) is 3.16. The summed E-state index contributed by atoms with van der Waals surface area (Å²) in [5.41, 5.74) is -0.355. The van der Waals surface area contributed by atoms with E-state index in [9.17, 15) is 26.8 Å². The molecule has 0 radical (unpaired) electrons. The number of nitrogens with zero attached hydrogens (tertiary/aromatic N) is 3. The number of fused-ring (bicyclic) bond motifs is 1. The number of ketones is 1. The number of H-pyrrole nitrogens is 1. The van der Waals surface area contributed by atoms with Crippen molar-refractivity contribution in [3.8, 4) is 11.1 Å². The molecule has 3 aromatic heterocycles. The molecule has 13 heteroatoms. The van der Waals surface area contributed by atoms with Crippen LogP contribution in [0.25, 0.3) is 22.2 Å². The lowest BCUT2D eigenvalue weighted by Crippen LogP contribution is -2.15. The Kier molecular flexibility index (Phi) is 5.79. The molecule has 0 aliphatic carbocycles. The minimum Gasteiger partial charge on any atom is -0.464 e.